The molecule has 0 unspecified atom stereocenters. The number of carbonyl (C=O) groups is 4. The van der Waals surface area contributed by atoms with E-state index in [4.69, 9.17) is 23.7 Å². The SMILES string of the molecule is CCCCOC(C)(C)C(=O)Nc1ncnn2c([C@]3(C#N)O[C@H](COC(=O)CC4CCCCC4)[C@@H](OC(=O)[C@@H](NC(=O)OC(C)(C)C)C(C)(C)C)[C@H]3O)ccc12. The maximum absolute atomic E-state index is 13.9. The molecule has 0 aromatic carbocycles. The first-order valence-electron chi connectivity index (χ1n) is 19.1. The molecule has 55 heavy (non-hydrogen) atoms. The zero-order chi connectivity index (χ0) is 40.8. The van der Waals surface area contributed by atoms with E-state index in [1.165, 1.54) is 16.9 Å². The zero-order valence-corrected chi connectivity index (χ0v) is 33.6. The molecule has 2 fully saturated rings. The standard InChI is InChI=1S/C39H58N6O10/c1-10-11-19-52-38(8,9)34(49)44-32-25-17-18-27(45(25)42-23-41-32)39(22-40)31(47)29(26(54-39)21-51-28(46)20-24-15-13-12-14-16-24)53-33(48)30(36(2,3)4)43-35(50)55-37(5,6)7/h17-18,23-24,26,29-31,47H,10-16,19-21H2,1-9H3,(H,43,50)(H,41,42,44,49)/t26-,29-,30-,31-,39+/m1/s1. The highest BCUT2D eigenvalue weighted by atomic mass is 16.6. The number of nitriles is 1. The number of hydrogen-bond donors (Lipinski definition) is 3. The first kappa shape index (κ1) is 43.4. The Morgan fingerprint density at radius 3 is 2.40 bits per heavy atom. The van der Waals surface area contributed by atoms with Crippen LogP contribution in [0.1, 0.15) is 119 Å². The van der Waals surface area contributed by atoms with E-state index in [1.54, 1.807) is 61.5 Å². The van der Waals surface area contributed by atoms with Crippen LogP contribution in [0.15, 0.2) is 18.5 Å². The summed E-state index contributed by atoms with van der Waals surface area (Å²) in [7, 11) is 0. The number of hydrogen-bond acceptors (Lipinski definition) is 13. The van der Waals surface area contributed by atoms with Crippen molar-refractivity contribution in [2.45, 2.75) is 155 Å². The van der Waals surface area contributed by atoms with Crippen molar-refractivity contribution in [3.05, 3.63) is 24.2 Å². The van der Waals surface area contributed by atoms with Gasteiger partial charge < -0.3 is 39.4 Å². The summed E-state index contributed by atoms with van der Waals surface area (Å²) in [6, 6.07) is 3.82. The second kappa shape index (κ2) is 17.6. The number of aromatic nitrogens is 3. The molecule has 304 valence electrons. The van der Waals surface area contributed by atoms with E-state index < -0.39 is 77.1 Å². The van der Waals surface area contributed by atoms with Crippen LogP contribution in [0, 0.1) is 22.7 Å². The van der Waals surface area contributed by atoms with Crippen LogP contribution >= 0.6 is 0 Å². The summed E-state index contributed by atoms with van der Waals surface area (Å²) in [5.41, 5.74) is -4.84. The molecule has 1 aliphatic heterocycles. The number of alkyl carbamates (subject to hydrolysis) is 1. The van der Waals surface area contributed by atoms with Gasteiger partial charge in [0.25, 0.3) is 5.91 Å². The highest BCUT2D eigenvalue weighted by Crippen LogP contribution is 2.42. The molecular weight excluding hydrogens is 712 g/mol. The largest absolute Gasteiger partial charge is 0.463 e. The molecule has 2 aromatic heterocycles. The van der Waals surface area contributed by atoms with Crippen LogP contribution in [0.2, 0.25) is 0 Å². The van der Waals surface area contributed by atoms with Crippen LogP contribution in [-0.2, 0) is 43.7 Å². The lowest BCUT2D eigenvalue weighted by atomic mass is 9.86. The van der Waals surface area contributed by atoms with Crippen molar-refractivity contribution in [1.82, 2.24) is 19.9 Å². The Balaban J connectivity index is 1.66. The van der Waals surface area contributed by atoms with E-state index in [-0.39, 0.29) is 29.4 Å². The van der Waals surface area contributed by atoms with Crippen LogP contribution in [0.3, 0.4) is 0 Å². The minimum atomic E-state index is -2.22. The molecule has 5 atom stereocenters. The Bertz CT molecular complexity index is 1720. The molecule has 3 N–H and O–H groups in total. The Hall–Kier alpha value is -4.33. The molecule has 2 amide bonds. The predicted molar refractivity (Wildman–Crippen MR) is 199 cm³/mol. The molecule has 2 aromatic rings. The third-order valence-electron chi connectivity index (χ3n) is 9.77. The van der Waals surface area contributed by atoms with Crippen molar-refractivity contribution in [3.8, 4) is 6.07 Å². The van der Waals surface area contributed by atoms with Crippen LogP contribution in [0.5, 0.6) is 0 Å². The van der Waals surface area contributed by atoms with Gasteiger partial charge in [0, 0.05) is 13.0 Å². The molecule has 2 aliphatic rings. The first-order chi connectivity index (χ1) is 25.7. The van der Waals surface area contributed by atoms with E-state index in [0.717, 1.165) is 44.9 Å². The quantitative estimate of drug-likeness (QED) is 0.130. The number of ether oxygens (including phenoxy) is 5. The van der Waals surface area contributed by atoms with Gasteiger partial charge in [-0.15, -0.1) is 0 Å². The van der Waals surface area contributed by atoms with E-state index >= 15 is 0 Å². The first-order valence-corrected chi connectivity index (χ1v) is 19.1. The molecule has 0 spiro atoms. The summed E-state index contributed by atoms with van der Waals surface area (Å²) in [5, 5.41) is 32.4. The van der Waals surface area contributed by atoms with Crippen LogP contribution in [-0.4, -0.2) is 92.4 Å². The number of nitrogens with zero attached hydrogens (tertiary/aromatic N) is 4. The van der Waals surface area contributed by atoms with E-state index in [9.17, 15) is 29.5 Å². The summed E-state index contributed by atoms with van der Waals surface area (Å²) in [5.74, 6) is -1.59. The van der Waals surface area contributed by atoms with Crippen LogP contribution in [0.4, 0.5) is 10.6 Å². The second-order valence-electron chi connectivity index (χ2n) is 17.0. The third kappa shape index (κ3) is 10.7. The Morgan fingerprint density at radius 1 is 1.09 bits per heavy atom. The number of amides is 2. The Kier molecular flexibility index (Phi) is 13.9. The van der Waals surface area contributed by atoms with Gasteiger partial charge in [-0.25, -0.2) is 19.1 Å². The lowest BCUT2D eigenvalue weighted by Gasteiger charge is -2.32. The van der Waals surface area contributed by atoms with Crippen LogP contribution in [0.25, 0.3) is 5.52 Å². The number of nitrogens with one attached hydrogen (secondary N) is 2. The molecule has 16 nitrogen and oxygen atoms in total. The highest BCUT2D eigenvalue weighted by molar-refractivity contribution is 5.98. The molecule has 16 heteroatoms. The number of rotatable bonds is 14. The summed E-state index contributed by atoms with van der Waals surface area (Å²) in [6.07, 6.45) is 2.51. The molecule has 1 saturated heterocycles. The van der Waals surface area contributed by atoms with E-state index in [0.29, 0.717) is 6.61 Å². The summed E-state index contributed by atoms with van der Waals surface area (Å²) in [6.45, 7) is 15.4. The normalized spacial score (nSPS) is 22.7. The monoisotopic (exact) mass is 770 g/mol. The number of aliphatic hydroxyl groups excluding tert-OH is 1. The van der Waals surface area contributed by atoms with Gasteiger partial charge in [-0.1, -0.05) is 53.4 Å². The number of fused-ring (bicyclic) bond motifs is 1. The topological polar surface area (TPSA) is 213 Å². The molecule has 3 heterocycles. The minimum absolute atomic E-state index is 0.0326. The maximum Gasteiger partial charge on any atom is 0.408 e. The fraction of sp³-hybridized carbons (Fsp3) is 0.718. The van der Waals surface area contributed by atoms with Crippen molar-refractivity contribution < 1.29 is 48.0 Å². The van der Waals surface area contributed by atoms with Crippen molar-refractivity contribution in [3.63, 3.8) is 0 Å². The Labute approximate surface area is 322 Å². The van der Waals surface area contributed by atoms with E-state index in [2.05, 4.69) is 26.8 Å². The zero-order valence-electron chi connectivity index (χ0n) is 33.6. The number of esters is 2. The summed E-state index contributed by atoms with van der Waals surface area (Å²) >= 11 is 0. The molecule has 0 bridgehead atoms. The average molecular weight is 771 g/mol. The molecule has 1 saturated carbocycles. The molecule has 0 radical (unpaired) electrons. The van der Waals surface area contributed by atoms with Crippen molar-refractivity contribution >= 4 is 35.3 Å². The van der Waals surface area contributed by atoms with Gasteiger partial charge in [-0.3, -0.25) is 9.59 Å². The van der Waals surface area contributed by atoms with E-state index in [1.807, 2.05) is 6.92 Å². The number of unbranched alkanes of at least 4 members (excludes halogenated alkanes) is 1. The van der Waals surface area contributed by atoms with Gasteiger partial charge in [0.05, 0.1) is 5.69 Å². The van der Waals surface area contributed by atoms with Gasteiger partial charge in [0.2, 0.25) is 5.60 Å². The molecular formula is C39H58N6O10. The smallest absolute Gasteiger partial charge is 0.408 e. The fourth-order valence-electron chi connectivity index (χ4n) is 6.67. The molecule has 1 aliphatic carbocycles. The third-order valence-corrected chi connectivity index (χ3v) is 9.77. The van der Waals surface area contributed by atoms with Crippen molar-refractivity contribution in [2.75, 3.05) is 18.5 Å². The van der Waals surface area contributed by atoms with Gasteiger partial charge in [-0.05, 0) is 77.3 Å². The highest BCUT2D eigenvalue weighted by Gasteiger charge is 2.60. The predicted octanol–water partition coefficient (Wildman–Crippen LogP) is 5.11. The molecule has 4 rings (SSSR count). The van der Waals surface area contributed by atoms with Gasteiger partial charge in [0.1, 0.15) is 54.0 Å². The maximum atomic E-state index is 13.9. The van der Waals surface area contributed by atoms with Crippen molar-refractivity contribution in [1.29, 1.82) is 5.26 Å². The second-order valence-corrected chi connectivity index (χ2v) is 17.0. The number of aliphatic hydroxyl groups is 1. The van der Waals surface area contributed by atoms with Gasteiger partial charge >= 0.3 is 18.0 Å². The van der Waals surface area contributed by atoms with Gasteiger partial charge in [0.15, 0.2) is 11.9 Å². The summed E-state index contributed by atoms with van der Waals surface area (Å²) in [4.78, 5) is 57.2. The lowest BCUT2D eigenvalue weighted by molar-refractivity contribution is -0.164. The number of anilines is 1. The fourth-order valence-corrected chi connectivity index (χ4v) is 6.67. The average Bonchev–Trinajstić information content (AvgIpc) is 3.65. The number of carbonyl (C=O) groups excluding carboxylic acids is 4. The van der Waals surface area contributed by atoms with Crippen molar-refractivity contribution in [2.24, 2.45) is 11.3 Å². The lowest BCUT2D eigenvalue weighted by Crippen LogP contribution is -2.53. The van der Waals surface area contributed by atoms with Crippen LogP contribution < -0.4 is 10.6 Å². The van der Waals surface area contributed by atoms with Gasteiger partial charge in [-0.2, -0.15) is 10.4 Å². The summed E-state index contributed by atoms with van der Waals surface area (Å²) < 4.78 is 30.3. The minimum Gasteiger partial charge on any atom is -0.463 e. The Morgan fingerprint density at radius 2 is 1.78 bits per heavy atom.